The summed E-state index contributed by atoms with van der Waals surface area (Å²) in [4.78, 5) is 23.9. The number of carboxylic acids is 2. The summed E-state index contributed by atoms with van der Waals surface area (Å²) in [5.41, 5.74) is 0. The summed E-state index contributed by atoms with van der Waals surface area (Å²) >= 11 is 0. The van der Waals surface area contributed by atoms with E-state index in [4.69, 9.17) is 0 Å². The summed E-state index contributed by atoms with van der Waals surface area (Å²) in [6.07, 6.45) is 30.3. The summed E-state index contributed by atoms with van der Waals surface area (Å²) in [6, 6.07) is 0. The number of hydrogen-bond donors (Lipinski definition) is 1. The molecule has 2 unspecified atom stereocenters. The van der Waals surface area contributed by atoms with Crippen LogP contribution in [0.25, 0.3) is 0 Å². The van der Waals surface area contributed by atoms with Gasteiger partial charge in [0.2, 0.25) is 0 Å². The zero-order valence-electron chi connectivity index (χ0n) is 31.3. The minimum atomic E-state index is -5.11. The molecule has 0 fully saturated rings. The first-order chi connectivity index (χ1) is 21.6. The predicted molar refractivity (Wildman–Crippen MR) is 182 cm³/mol. The molecule has 0 heterocycles. The molecule has 0 amide bonds. The molecule has 0 aromatic heterocycles. The van der Waals surface area contributed by atoms with E-state index in [-0.39, 0.29) is 78.4 Å². The molecule has 0 saturated heterocycles. The van der Waals surface area contributed by atoms with Crippen molar-refractivity contribution in [3.8, 4) is 0 Å². The molecular weight excluding hydrogens is 634 g/mol. The third kappa shape index (κ3) is 27.2. The van der Waals surface area contributed by atoms with E-state index < -0.39 is 39.1 Å². The van der Waals surface area contributed by atoms with Crippen molar-refractivity contribution in [1.82, 2.24) is 0 Å². The number of carbonyl (C=O) groups is 2. The second-order valence-corrected chi connectivity index (χ2v) is 15.3. The van der Waals surface area contributed by atoms with Crippen LogP contribution < -0.4 is 69.3 Å². The molecule has 2 atom stereocenters. The molecule has 0 aromatic rings. The maximum absolute atomic E-state index is 12.6. The fraction of sp³-hybridized carbons (Fsp3) is 0.946. The molecule has 0 aliphatic rings. The minimum Gasteiger partial charge on any atom is -0.550 e. The van der Waals surface area contributed by atoms with Crippen molar-refractivity contribution in [2.75, 3.05) is 0 Å². The van der Waals surface area contributed by atoms with Crippen molar-refractivity contribution in [2.45, 2.75) is 218 Å². The van der Waals surface area contributed by atoms with E-state index >= 15 is 0 Å². The third-order valence-electron chi connectivity index (χ3n) is 9.69. The van der Waals surface area contributed by atoms with Gasteiger partial charge in [-0.05, 0) is 25.2 Å². The molecular formula is C37H70Na2O7S. The summed E-state index contributed by atoms with van der Waals surface area (Å²) < 4.78 is 32.6. The fourth-order valence-corrected chi connectivity index (χ4v) is 8.02. The molecule has 0 spiro atoms. The van der Waals surface area contributed by atoms with Crippen LogP contribution in [0.3, 0.4) is 0 Å². The van der Waals surface area contributed by atoms with Gasteiger partial charge in [0.1, 0.15) is 4.75 Å². The number of carbonyl (C=O) groups excluding carboxylic acids is 2. The Kier molecular flexibility index (Phi) is 39.2. The SMILES string of the molecule is CCCCCCCCCCCCCCCCC(CC(=O)[O-])C(CCCCCCCCCCCCCCCC)(C(=O)[O-])S(=O)(=O)O.[Na+].[Na+]. The van der Waals surface area contributed by atoms with Crippen molar-refractivity contribution in [3.63, 3.8) is 0 Å². The van der Waals surface area contributed by atoms with Gasteiger partial charge in [-0.3, -0.25) is 4.55 Å². The average Bonchev–Trinajstić information content (AvgIpc) is 2.98. The molecule has 0 aliphatic heterocycles. The molecule has 0 saturated carbocycles. The smallest absolute Gasteiger partial charge is 0.550 e. The van der Waals surface area contributed by atoms with Crippen LogP contribution in [-0.2, 0) is 19.7 Å². The Hall–Kier alpha value is 0.850. The molecule has 7 nitrogen and oxygen atoms in total. The van der Waals surface area contributed by atoms with Gasteiger partial charge in [-0.15, -0.1) is 0 Å². The first-order valence-corrected chi connectivity index (χ1v) is 20.5. The molecule has 10 heteroatoms. The molecule has 0 aliphatic carbocycles. The van der Waals surface area contributed by atoms with Crippen molar-refractivity contribution in [1.29, 1.82) is 0 Å². The van der Waals surface area contributed by atoms with E-state index in [0.717, 1.165) is 51.4 Å². The van der Waals surface area contributed by atoms with E-state index in [1.54, 1.807) is 0 Å². The summed E-state index contributed by atoms with van der Waals surface area (Å²) in [6.45, 7) is 4.46. The van der Waals surface area contributed by atoms with Crippen LogP contribution in [0.2, 0.25) is 0 Å². The van der Waals surface area contributed by atoms with Gasteiger partial charge >= 0.3 is 59.1 Å². The number of aliphatic carboxylic acids is 2. The molecule has 0 bridgehead atoms. The molecule has 0 aromatic carbocycles. The van der Waals surface area contributed by atoms with Crippen LogP contribution in [-0.4, -0.2) is 29.7 Å². The van der Waals surface area contributed by atoms with Crippen LogP contribution in [0, 0.1) is 5.92 Å². The minimum absolute atomic E-state index is 0. The quantitative estimate of drug-likeness (QED) is 0.0610. The Morgan fingerprint density at radius 2 is 0.809 bits per heavy atom. The molecule has 268 valence electrons. The zero-order chi connectivity index (χ0) is 33.7. The summed E-state index contributed by atoms with van der Waals surface area (Å²) in [5.74, 6) is -4.71. The topological polar surface area (TPSA) is 135 Å². The fourth-order valence-electron chi connectivity index (χ4n) is 6.79. The van der Waals surface area contributed by atoms with Gasteiger partial charge in [0.05, 0.1) is 5.97 Å². The van der Waals surface area contributed by atoms with Crippen molar-refractivity contribution < 1.29 is 91.9 Å². The van der Waals surface area contributed by atoms with Crippen molar-refractivity contribution in [2.24, 2.45) is 5.92 Å². The molecule has 0 radical (unpaired) electrons. The molecule has 47 heavy (non-hydrogen) atoms. The number of rotatable bonds is 35. The third-order valence-corrected chi connectivity index (χ3v) is 11.3. The molecule has 1 N–H and O–H groups in total. The monoisotopic (exact) mass is 704 g/mol. The first-order valence-electron chi connectivity index (χ1n) is 19.0. The van der Waals surface area contributed by atoms with Gasteiger partial charge in [-0.2, -0.15) is 8.42 Å². The van der Waals surface area contributed by atoms with Gasteiger partial charge in [-0.25, -0.2) is 0 Å². The van der Waals surface area contributed by atoms with Crippen molar-refractivity contribution >= 4 is 22.1 Å². The zero-order valence-corrected chi connectivity index (χ0v) is 36.1. The Labute approximate surface area is 334 Å². The summed E-state index contributed by atoms with van der Waals surface area (Å²) in [5, 5.41) is 23.9. The standard InChI is InChI=1S/C37H72O7S.2Na/c1-3-5-7-9-11-13-15-17-19-21-23-25-27-29-31-34(33-35(38)39)37(36(40)41,45(42,43)44)32-30-28-26-24-22-20-18-16-14-12-10-8-6-4-2;;/h34H,3-33H2,1-2H3,(H,38,39)(H,40,41)(H,42,43,44);;/q;2*+1/p-2. The van der Waals surface area contributed by atoms with E-state index in [2.05, 4.69) is 13.8 Å². The van der Waals surface area contributed by atoms with E-state index in [1.807, 2.05) is 0 Å². The second kappa shape index (κ2) is 35.3. The first kappa shape index (κ1) is 52.2. The van der Waals surface area contributed by atoms with Gasteiger partial charge in [0.25, 0.3) is 10.1 Å². The Morgan fingerprint density at radius 1 is 0.532 bits per heavy atom. The number of hydrogen-bond acceptors (Lipinski definition) is 6. The van der Waals surface area contributed by atoms with Crippen LogP contribution in [0.15, 0.2) is 0 Å². The van der Waals surface area contributed by atoms with E-state index in [9.17, 15) is 32.8 Å². The van der Waals surface area contributed by atoms with Gasteiger partial charge in [0, 0.05) is 5.97 Å². The Bertz CT molecular complexity index is 826. The number of unbranched alkanes of at least 4 members (excludes halogenated alkanes) is 26. The van der Waals surface area contributed by atoms with Crippen LogP contribution in [0.5, 0.6) is 0 Å². The second-order valence-electron chi connectivity index (χ2n) is 13.7. The number of carboxylic acid groups (broad SMARTS) is 2. The Balaban J connectivity index is -0.00000968. The maximum atomic E-state index is 12.6. The van der Waals surface area contributed by atoms with Crippen molar-refractivity contribution in [3.05, 3.63) is 0 Å². The largest absolute Gasteiger partial charge is 1.00 e. The predicted octanol–water partition coefficient (Wildman–Crippen LogP) is 2.87. The van der Waals surface area contributed by atoms with Crippen LogP contribution in [0.1, 0.15) is 213 Å². The van der Waals surface area contributed by atoms with Crippen LogP contribution in [0.4, 0.5) is 0 Å². The van der Waals surface area contributed by atoms with E-state index in [0.29, 0.717) is 12.8 Å². The average molecular weight is 705 g/mol. The normalized spacial score (nSPS) is 13.3. The van der Waals surface area contributed by atoms with Gasteiger partial charge < -0.3 is 19.8 Å². The summed E-state index contributed by atoms with van der Waals surface area (Å²) in [7, 11) is -5.11. The maximum Gasteiger partial charge on any atom is 1.00 e. The van der Waals surface area contributed by atoms with E-state index in [1.165, 1.54) is 109 Å². The van der Waals surface area contributed by atoms with Crippen LogP contribution >= 0.6 is 0 Å². The van der Waals surface area contributed by atoms with Gasteiger partial charge in [0.15, 0.2) is 0 Å². The van der Waals surface area contributed by atoms with Gasteiger partial charge in [-0.1, -0.05) is 194 Å². The Morgan fingerprint density at radius 3 is 1.06 bits per heavy atom. The molecule has 0 rings (SSSR count).